The molecule has 232 valence electrons. The minimum absolute atomic E-state index is 0. The van der Waals surface area contributed by atoms with Crippen molar-refractivity contribution in [2.24, 2.45) is 0 Å². The fourth-order valence-corrected chi connectivity index (χ4v) is 7.71. The third-order valence-electron chi connectivity index (χ3n) is 8.57. The van der Waals surface area contributed by atoms with Gasteiger partial charge in [0.2, 0.25) is 0 Å². The number of nitrogens with zero attached hydrogens (tertiary/aromatic N) is 3. The van der Waals surface area contributed by atoms with Crippen molar-refractivity contribution in [1.82, 2.24) is 9.97 Å². The van der Waals surface area contributed by atoms with E-state index >= 15 is 0 Å². The summed E-state index contributed by atoms with van der Waals surface area (Å²) in [5.74, 6) is 1.55. The van der Waals surface area contributed by atoms with Crippen LogP contribution in [0.4, 0.5) is 17.3 Å². The Hall–Kier alpha value is -5.09. The molecule has 4 heterocycles. The second-order valence-electron chi connectivity index (χ2n) is 11.8. The predicted octanol–water partition coefficient (Wildman–Crippen LogP) is 11.8. The molecule has 9 rings (SSSR count). The largest absolute Gasteiger partial charge is 2.00 e. The Kier molecular flexibility index (Phi) is 7.67. The number of fused-ring (bicyclic) bond motifs is 6. The maximum absolute atomic E-state index is 6.39. The van der Waals surface area contributed by atoms with Crippen LogP contribution in [-0.2, 0) is 21.1 Å². The number of pyridine rings is 2. The number of benzene rings is 5. The normalized spacial score (nSPS) is 11.4. The van der Waals surface area contributed by atoms with Crippen LogP contribution in [0.25, 0.3) is 64.6 Å². The molecular weight excluding hydrogens is 790 g/mol. The van der Waals surface area contributed by atoms with Crippen molar-refractivity contribution in [3.63, 3.8) is 0 Å². The first kappa shape index (κ1) is 30.3. The quantitative estimate of drug-likeness (QED) is 0.162. The van der Waals surface area contributed by atoms with Crippen LogP contribution in [-0.4, -0.2) is 9.97 Å². The van der Waals surface area contributed by atoms with E-state index in [0.717, 1.165) is 72.9 Å². The number of rotatable bonds is 5. The first-order valence-electron chi connectivity index (χ1n) is 15.6. The van der Waals surface area contributed by atoms with Crippen LogP contribution in [0, 0.1) is 26.0 Å². The molecule has 0 amide bonds. The molecule has 0 fully saturated rings. The Bertz CT molecular complexity index is 2460. The van der Waals surface area contributed by atoms with Gasteiger partial charge in [-0.25, -0.2) is 0 Å². The van der Waals surface area contributed by atoms with Gasteiger partial charge in [0.1, 0.15) is 17.2 Å². The number of para-hydroxylation sites is 2. The smallest absolute Gasteiger partial charge is 0.501 e. The van der Waals surface area contributed by atoms with E-state index in [2.05, 4.69) is 110 Å². The van der Waals surface area contributed by atoms with E-state index in [1.165, 1.54) is 20.2 Å². The number of furan rings is 1. The molecule has 0 bridgehead atoms. The van der Waals surface area contributed by atoms with Crippen LogP contribution in [0.2, 0.25) is 0 Å². The second kappa shape index (κ2) is 12.2. The van der Waals surface area contributed by atoms with Crippen LogP contribution in [0.15, 0.2) is 132 Å². The van der Waals surface area contributed by atoms with E-state index in [1.54, 1.807) is 11.3 Å². The van der Waals surface area contributed by atoms with Gasteiger partial charge in [0, 0.05) is 15.8 Å². The minimum atomic E-state index is 0. The van der Waals surface area contributed by atoms with Gasteiger partial charge in [0.05, 0.1) is 5.58 Å². The molecule has 0 atom stereocenters. The molecular formula is C42H27N3OPtS. The molecule has 5 aromatic carbocycles. The first-order valence-corrected chi connectivity index (χ1v) is 16.4. The van der Waals surface area contributed by atoms with Crippen LogP contribution < -0.4 is 4.90 Å². The van der Waals surface area contributed by atoms with E-state index in [9.17, 15) is 0 Å². The number of aryl methyl sites for hydroxylation is 2. The number of anilines is 3. The molecule has 4 aromatic heterocycles. The van der Waals surface area contributed by atoms with Gasteiger partial charge in [-0.3, -0.25) is 14.9 Å². The van der Waals surface area contributed by atoms with Gasteiger partial charge in [0.25, 0.3) is 0 Å². The average Bonchev–Trinajstić information content (AvgIpc) is 3.67. The van der Waals surface area contributed by atoms with Crippen LogP contribution in [0.3, 0.4) is 0 Å². The summed E-state index contributed by atoms with van der Waals surface area (Å²) in [5.41, 5.74) is 8.29. The number of hydrogen-bond acceptors (Lipinski definition) is 5. The van der Waals surface area contributed by atoms with Crippen LogP contribution >= 0.6 is 11.3 Å². The molecule has 0 aliphatic rings. The fraction of sp³-hybridized carbons (Fsp3) is 0.0476. The monoisotopic (exact) mass is 816 g/mol. The van der Waals surface area contributed by atoms with Crippen LogP contribution in [0.1, 0.15) is 11.1 Å². The molecule has 0 spiro atoms. The van der Waals surface area contributed by atoms with Crippen molar-refractivity contribution < 1.29 is 25.5 Å². The van der Waals surface area contributed by atoms with E-state index in [1.807, 2.05) is 48.5 Å². The Balaban J connectivity index is 0.00000336. The van der Waals surface area contributed by atoms with Gasteiger partial charge >= 0.3 is 21.1 Å². The third-order valence-corrected chi connectivity index (χ3v) is 9.78. The molecule has 0 saturated carbocycles. The summed E-state index contributed by atoms with van der Waals surface area (Å²) in [7, 11) is 0. The standard InChI is InChI=1S/C42H27N3OS.Pt/c1-26-22-35(33-18-10-16-31-29-14-6-8-20-37(29)46-41(31)33)43-39(24-26)45(28-12-4-3-5-13-28)40-25-27(2)23-36(44-40)34-19-11-17-32-30-15-7-9-21-38(30)47-42(32)34;/h3-17,20-25H,1-2H3;/q-2;+2. The predicted molar refractivity (Wildman–Crippen MR) is 195 cm³/mol. The zero-order valence-electron chi connectivity index (χ0n) is 26.1. The van der Waals surface area contributed by atoms with Crippen LogP contribution in [0.5, 0.6) is 0 Å². The van der Waals surface area contributed by atoms with Crippen molar-refractivity contribution in [3.05, 3.63) is 151 Å². The van der Waals surface area contributed by atoms with Crippen molar-refractivity contribution in [1.29, 1.82) is 0 Å². The molecule has 0 aliphatic heterocycles. The summed E-state index contributed by atoms with van der Waals surface area (Å²) in [4.78, 5) is 12.7. The zero-order valence-corrected chi connectivity index (χ0v) is 29.2. The van der Waals surface area contributed by atoms with Crippen molar-refractivity contribution in [2.75, 3.05) is 4.90 Å². The summed E-state index contributed by atoms with van der Waals surface area (Å²) < 4.78 is 8.83. The third kappa shape index (κ3) is 5.11. The van der Waals surface area contributed by atoms with Gasteiger partial charge < -0.3 is 4.42 Å². The number of aromatic nitrogens is 2. The van der Waals surface area contributed by atoms with E-state index in [-0.39, 0.29) is 21.1 Å². The number of thiophene rings is 1. The summed E-state index contributed by atoms with van der Waals surface area (Å²) in [5, 5.41) is 4.62. The molecule has 48 heavy (non-hydrogen) atoms. The van der Waals surface area contributed by atoms with Crippen molar-refractivity contribution >= 4 is 70.8 Å². The van der Waals surface area contributed by atoms with E-state index in [4.69, 9.17) is 14.4 Å². The van der Waals surface area contributed by atoms with Gasteiger partial charge in [-0.05, 0) is 71.7 Å². The fourth-order valence-electron chi connectivity index (χ4n) is 6.50. The maximum atomic E-state index is 6.39. The summed E-state index contributed by atoms with van der Waals surface area (Å²) in [6.07, 6.45) is 0. The Morgan fingerprint density at radius 3 is 1.96 bits per heavy atom. The number of hydrogen-bond donors (Lipinski definition) is 0. The first-order chi connectivity index (χ1) is 23.1. The topological polar surface area (TPSA) is 42.2 Å². The molecule has 0 saturated heterocycles. The average molecular weight is 817 g/mol. The van der Waals surface area contributed by atoms with Crippen molar-refractivity contribution in [2.45, 2.75) is 13.8 Å². The zero-order chi connectivity index (χ0) is 31.5. The Morgan fingerprint density at radius 1 is 0.604 bits per heavy atom. The molecule has 0 N–H and O–H groups in total. The second-order valence-corrected chi connectivity index (χ2v) is 12.9. The van der Waals surface area contributed by atoms with Gasteiger partial charge in [0.15, 0.2) is 0 Å². The summed E-state index contributed by atoms with van der Waals surface area (Å²) in [6.45, 7) is 4.22. The molecule has 0 unspecified atom stereocenters. The Morgan fingerprint density at radius 2 is 1.21 bits per heavy atom. The Labute approximate surface area is 296 Å². The molecule has 0 aliphatic carbocycles. The molecule has 9 aromatic rings. The maximum Gasteiger partial charge on any atom is 2.00 e. The molecule has 4 nitrogen and oxygen atoms in total. The minimum Gasteiger partial charge on any atom is -0.501 e. The van der Waals surface area contributed by atoms with E-state index < -0.39 is 0 Å². The van der Waals surface area contributed by atoms with Gasteiger partial charge in [-0.1, -0.05) is 94.2 Å². The van der Waals surface area contributed by atoms with Crippen molar-refractivity contribution in [3.8, 4) is 22.5 Å². The van der Waals surface area contributed by atoms with E-state index in [0.29, 0.717) is 0 Å². The van der Waals surface area contributed by atoms with Gasteiger partial charge in [-0.15, -0.1) is 42.0 Å². The van der Waals surface area contributed by atoms with Gasteiger partial charge in [-0.2, -0.15) is 11.3 Å². The molecule has 0 radical (unpaired) electrons. The molecule has 6 heteroatoms. The summed E-state index contributed by atoms with van der Waals surface area (Å²) in [6, 6.07) is 50.6. The SMILES string of the molecule is Cc1cc(-c2[c-]ccc3c2oc2ccccc23)nc(N(c2ccccc2)c2cc(C)cc(-c3[c-]ccc4c3sc3ccccc34)n2)c1.[Pt+2]. The summed E-state index contributed by atoms with van der Waals surface area (Å²) >= 11 is 1.79.